The molecule has 0 unspecified atom stereocenters. The predicted octanol–water partition coefficient (Wildman–Crippen LogP) is -3.82. The minimum Gasteiger partial charge on any atom is -0.0149 e. The van der Waals surface area contributed by atoms with Crippen LogP contribution in [0, 0.1) is 0 Å². The molecule has 0 aromatic carbocycles. The first-order valence-corrected chi connectivity index (χ1v) is 0. The molecule has 0 bridgehead atoms. The van der Waals surface area contributed by atoms with Crippen molar-refractivity contribution in [3.05, 3.63) is 0 Å². The summed E-state index contributed by atoms with van der Waals surface area (Å²) in [5.41, 5.74) is 0. The molecule has 0 N–H and O–H groups in total. The molecule has 0 atom stereocenters. The molecule has 0 nitrogen and oxygen atoms in total. The van der Waals surface area contributed by atoms with E-state index in [1.54, 1.807) is 0 Å². The smallest absolute Gasteiger partial charge is 0.0149 e. The van der Waals surface area contributed by atoms with Crippen LogP contribution >= 0.6 is 0 Å². The Kier molecular flexibility index (Phi) is 188. The molecule has 0 saturated heterocycles. The molecule has 0 aliphatic carbocycles. The zero-order valence-electron chi connectivity index (χ0n) is 0.500. The monoisotopic (exact) mass is 140 g/mol. The normalized spacial score (nSPS) is 0. The number of hydrogen-bond donors (Lipinski definition) is 0. The van der Waals surface area contributed by atoms with Gasteiger partial charge in [0.25, 0.3) is 0 Å². The van der Waals surface area contributed by atoms with Gasteiger partial charge in [-0.05, 0) is 11.0 Å². The van der Waals surface area contributed by atoms with Gasteiger partial charge in [0, 0.05) is 21.7 Å². The second kappa shape index (κ2) is 20.0. The Morgan fingerprint density at radius 1 is 0.750 bits per heavy atom. The van der Waals surface area contributed by atoms with E-state index in [-0.39, 0.29) is 67.4 Å². The SMILES string of the molecule is [AlH3].[AlH3].[SiH4].[Ti]. The van der Waals surface area contributed by atoms with Gasteiger partial charge in [-0.2, -0.15) is 0 Å². The van der Waals surface area contributed by atoms with Crippen LogP contribution in [-0.4, -0.2) is 45.7 Å². The fourth-order valence-electron chi connectivity index (χ4n) is 0. The maximum atomic E-state index is 0. The molecule has 0 saturated carbocycles. The van der Waals surface area contributed by atoms with Gasteiger partial charge >= 0.3 is 0 Å². The zero-order chi connectivity index (χ0) is 0. The summed E-state index contributed by atoms with van der Waals surface area (Å²) in [5.74, 6) is 0. The maximum Gasteiger partial charge on any atom is 0.187 e. The Morgan fingerprint density at radius 2 is 0.750 bits per heavy atom. The van der Waals surface area contributed by atoms with E-state index in [4.69, 9.17) is 0 Å². The quantitative estimate of drug-likeness (QED) is 0.302. The second-order valence-electron chi connectivity index (χ2n) is 0. The van der Waals surface area contributed by atoms with Crippen LogP contribution in [-0.2, 0) is 21.7 Å². The van der Waals surface area contributed by atoms with Crippen molar-refractivity contribution >= 4 is 45.7 Å². The fourth-order valence-corrected chi connectivity index (χ4v) is 0. The summed E-state index contributed by atoms with van der Waals surface area (Å²) in [6, 6.07) is 0. The van der Waals surface area contributed by atoms with Crippen LogP contribution in [0.4, 0.5) is 0 Å². The Bertz CT molecular complexity index is 6.00. The van der Waals surface area contributed by atoms with E-state index in [1.807, 2.05) is 0 Å². The molecule has 0 spiro atoms. The summed E-state index contributed by atoms with van der Waals surface area (Å²) in [7, 11) is 0. The molecule has 24 valence electrons. The van der Waals surface area contributed by atoms with E-state index in [2.05, 4.69) is 0 Å². The van der Waals surface area contributed by atoms with Crippen LogP contribution in [0.1, 0.15) is 0 Å². The summed E-state index contributed by atoms with van der Waals surface area (Å²) in [6.07, 6.45) is 0. The van der Waals surface area contributed by atoms with Gasteiger partial charge in [-0.3, -0.25) is 0 Å². The van der Waals surface area contributed by atoms with Gasteiger partial charge in [0.2, 0.25) is 0 Å². The van der Waals surface area contributed by atoms with Gasteiger partial charge in [0.15, 0.2) is 34.7 Å². The van der Waals surface area contributed by atoms with Crippen molar-refractivity contribution in [2.75, 3.05) is 0 Å². The van der Waals surface area contributed by atoms with Crippen molar-refractivity contribution in [2.24, 2.45) is 0 Å². The standard InChI is InChI=1S/2Al.H4Si.Ti.6H/h;;1H4;;;;;;;. The van der Waals surface area contributed by atoms with Crippen molar-refractivity contribution < 1.29 is 21.7 Å². The van der Waals surface area contributed by atoms with E-state index in [0.717, 1.165) is 0 Å². The third kappa shape index (κ3) is 9.00. The van der Waals surface area contributed by atoms with E-state index in [1.165, 1.54) is 0 Å². The first-order valence-electron chi connectivity index (χ1n) is 0. The number of hydrogen-bond acceptors (Lipinski definition) is 0. The second-order valence-corrected chi connectivity index (χ2v) is 0. The van der Waals surface area contributed by atoms with E-state index in [9.17, 15) is 0 Å². The molecule has 4 heavy (non-hydrogen) atoms. The van der Waals surface area contributed by atoms with Crippen LogP contribution in [0.2, 0.25) is 0 Å². The summed E-state index contributed by atoms with van der Waals surface area (Å²) in [6.45, 7) is 0. The summed E-state index contributed by atoms with van der Waals surface area (Å²) in [5, 5.41) is 0. The van der Waals surface area contributed by atoms with Gasteiger partial charge in [-0.15, -0.1) is 0 Å². The number of rotatable bonds is 0. The predicted molar refractivity (Wildman–Crippen MR) is 31.2 cm³/mol. The van der Waals surface area contributed by atoms with Crippen LogP contribution in [0.25, 0.3) is 0 Å². The average molecular weight is 140 g/mol. The van der Waals surface area contributed by atoms with Crippen molar-refractivity contribution in [1.82, 2.24) is 0 Å². The van der Waals surface area contributed by atoms with Gasteiger partial charge in [0.05, 0.1) is 0 Å². The average Bonchev–Trinajstić information content (AvgIpc) is 0. The van der Waals surface area contributed by atoms with Crippen LogP contribution in [0.15, 0.2) is 0 Å². The van der Waals surface area contributed by atoms with Crippen molar-refractivity contribution in [1.29, 1.82) is 0 Å². The first kappa shape index (κ1) is 37.6. The minimum absolute atomic E-state index is 0. The Morgan fingerprint density at radius 3 is 0.750 bits per heavy atom. The van der Waals surface area contributed by atoms with Gasteiger partial charge in [-0.1, -0.05) is 0 Å². The fraction of sp³-hybridized carbons (Fsp3) is 0. The van der Waals surface area contributed by atoms with Gasteiger partial charge < -0.3 is 0 Å². The molecule has 4 heteroatoms. The van der Waals surface area contributed by atoms with Crippen molar-refractivity contribution in [3.8, 4) is 0 Å². The molecule has 0 aromatic heterocycles. The topological polar surface area (TPSA) is 0 Å². The molecule has 0 radical (unpaired) electrons. The molecule has 0 rings (SSSR count). The molecule has 0 amide bonds. The van der Waals surface area contributed by atoms with Crippen molar-refractivity contribution in [2.45, 2.75) is 0 Å². The molecular formula is H10Al2SiTi. The summed E-state index contributed by atoms with van der Waals surface area (Å²) < 4.78 is 0. The molecular weight excluding hydrogens is 130 g/mol. The maximum absolute atomic E-state index is 0. The molecule has 0 aromatic rings. The summed E-state index contributed by atoms with van der Waals surface area (Å²) in [4.78, 5) is 0. The Labute approximate surface area is 66.9 Å². The largest absolute Gasteiger partial charge is 0.187 e. The van der Waals surface area contributed by atoms with Crippen LogP contribution in [0.3, 0.4) is 0 Å². The molecule has 0 heterocycles. The summed E-state index contributed by atoms with van der Waals surface area (Å²) >= 11 is 0. The van der Waals surface area contributed by atoms with E-state index < -0.39 is 0 Å². The van der Waals surface area contributed by atoms with Gasteiger partial charge in [0.1, 0.15) is 0 Å². The van der Waals surface area contributed by atoms with E-state index >= 15 is 0 Å². The third-order valence-corrected chi connectivity index (χ3v) is 0. The third-order valence-electron chi connectivity index (χ3n) is 0. The molecule has 0 fully saturated rings. The van der Waals surface area contributed by atoms with Gasteiger partial charge in [-0.25, -0.2) is 0 Å². The first-order chi connectivity index (χ1) is 0. The molecule has 0 aliphatic rings. The zero-order valence-corrected chi connectivity index (χ0v) is 2.06. The van der Waals surface area contributed by atoms with Crippen LogP contribution in [0.5, 0.6) is 0 Å². The molecule has 0 aliphatic heterocycles. The van der Waals surface area contributed by atoms with Crippen molar-refractivity contribution in [3.63, 3.8) is 0 Å². The minimum atomic E-state index is 0. The van der Waals surface area contributed by atoms with Crippen LogP contribution < -0.4 is 0 Å². The Balaban J connectivity index is 0. The Hall–Kier alpha value is 2.00. The van der Waals surface area contributed by atoms with E-state index in [0.29, 0.717) is 0 Å².